The Morgan fingerprint density at radius 3 is 2.66 bits per heavy atom. The standard InChI is InChI=1S/C26H25ClN2O2S/c1-28-12-13-32-26-11-5-19(17-29-26)2-6-20(14-18-3-8-23(30)9-4-18)21-7-10-24-22(15-21)16-25(27)31-24/h3-11,15-17,28,30H,2,12-14H2,1H3. The summed E-state index contributed by atoms with van der Waals surface area (Å²) in [6.45, 7) is 0.962. The molecule has 2 N–H and O–H groups in total. The first kappa shape index (κ1) is 22.5. The lowest BCUT2D eigenvalue weighted by atomic mass is 9.95. The summed E-state index contributed by atoms with van der Waals surface area (Å²) >= 11 is 7.79. The van der Waals surface area contributed by atoms with Gasteiger partial charge >= 0.3 is 0 Å². The molecule has 0 aliphatic rings. The average molecular weight is 465 g/mol. The van der Waals surface area contributed by atoms with Crippen molar-refractivity contribution in [2.45, 2.75) is 17.9 Å². The number of nitrogens with one attached hydrogen (secondary N) is 1. The molecule has 4 aromatic rings. The van der Waals surface area contributed by atoms with Crippen molar-refractivity contribution in [1.82, 2.24) is 10.3 Å². The molecule has 0 saturated heterocycles. The Morgan fingerprint density at radius 1 is 1.09 bits per heavy atom. The van der Waals surface area contributed by atoms with Crippen LogP contribution in [0.4, 0.5) is 0 Å². The van der Waals surface area contributed by atoms with Crippen molar-refractivity contribution < 1.29 is 9.52 Å². The Hall–Kier alpha value is -2.73. The monoisotopic (exact) mass is 464 g/mol. The third-order valence-corrected chi connectivity index (χ3v) is 6.30. The van der Waals surface area contributed by atoms with Gasteiger partial charge in [-0.2, -0.15) is 0 Å². The van der Waals surface area contributed by atoms with Crippen molar-refractivity contribution in [1.29, 1.82) is 0 Å². The van der Waals surface area contributed by atoms with Crippen LogP contribution < -0.4 is 5.32 Å². The fourth-order valence-electron chi connectivity index (χ4n) is 3.45. The SMILES string of the molecule is CNCCSc1ccc(CC=C(Cc2ccc(O)cc2)c2ccc3oc(Cl)cc3c2)cn1. The number of halogens is 1. The zero-order valence-corrected chi connectivity index (χ0v) is 19.4. The maximum atomic E-state index is 9.62. The summed E-state index contributed by atoms with van der Waals surface area (Å²) in [6, 6.07) is 19.5. The molecule has 4 nitrogen and oxygen atoms in total. The minimum atomic E-state index is 0.271. The molecule has 0 radical (unpaired) electrons. The number of thioether (sulfide) groups is 1. The quantitative estimate of drug-likeness (QED) is 0.223. The number of hydrogen-bond acceptors (Lipinski definition) is 5. The number of nitrogens with zero attached hydrogens (tertiary/aromatic N) is 1. The number of furan rings is 1. The Bertz CT molecular complexity index is 1200. The van der Waals surface area contributed by atoms with Gasteiger partial charge in [0.25, 0.3) is 0 Å². The van der Waals surface area contributed by atoms with Gasteiger partial charge in [-0.15, -0.1) is 11.8 Å². The van der Waals surface area contributed by atoms with Crippen LogP contribution in [0.2, 0.25) is 5.22 Å². The topological polar surface area (TPSA) is 58.3 Å². The molecule has 2 aromatic heterocycles. The fourth-order valence-corrected chi connectivity index (χ4v) is 4.46. The van der Waals surface area contributed by atoms with E-state index in [1.807, 2.05) is 37.5 Å². The number of phenolic OH excluding ortho intramolecular Hbond substituents is 1. The van der Waals surface area contributed by atoms with Crippen LogP contribution in [-0.2, 0) is 12.8 Å². The van der Waals surface area contributed by atoms with Crippen molar-refractivity contribution >= 4 is 39.9 Å². The lowest BCUT2D eigenvalue weighted by molar-refractivity contribution is 0.475. The van der Waals surface area contributed by atoms with Crippen molar-refractivity contribution in [3.63, 3.8) is 0 Å². The van der Waals surface area contributed by atoms with Gasteiger partial charge in [0.2, 0.25) is 0 Å². The average Bonchev–Trinajstić information content (AvgIpc) is 3.18. The van der Waals surface area contributed by atoms with Crippen LogP contribution in [0.1, 0.15) is 16.7 Å². The number of rotatable bonds is 9. The van der Waals surface area contributed by atoms with E-state index >= 15 is 0 Å². The number of fused-ring (bicyclic) bond motifs is 1. The zero-order chi connectivity index (χ0) is 22.3. The van der Waals surface area contributed by atoms with E-state index in [1.165, 1.54) is 11.1 Å². The molecule has 0 fully saturated rings. The van der Waals surface area contributed by atoms with Crippen LogP contribution in [-0.4, -0.2) is 29.4 Å². The van der Waals surface area contributed by atoms with Crippen LogP contribution in [0.5, 0.6) is 5.75 Å². The second-order valence-electron chi connectivity index (χ2n) is 7.54. The van der Waals surface area contributed by atoms with Gasteiger partial charge in [-0.25, -0.2) is 4.98 Å². The van der Waals surface area contributed by atoms with E-state index in [-0.39, 0.29) is 5.75 Å². The Morgan fingerprint density at radius 2 is 1.91 bits per heavy atom. The summed E-state index contributed by atoms with van der Waals surface area (Å²) in [4.78, 5) is 4.59. The maximum Gasteiger partial charge on any atom is 0.194 e. The first-order valence-corrected chi connectivity index (χ1v) is 11.9. The van der Waals surface area contributed by atoms with Crippen molar-refractivity contribution in [3.8, 4) is 5.75 Å². The van der Waals surface area contributed by atoms with Crippen LogP contribution in [0.15, 0.2) is 82.4 Å². The van der Waals surface area contributed by atoms with E-state index in [9.17, 15) is 5.11 Å². The van der Waals surface area contributed by atoms with E-state index in [0.717, 1.165) is 52.3 Å². The van der Waals surface area contributed by atoms with E-state index in [2.05, 4.69) is 40.6 Å². The molecule has 4 rings (SSSR count). The molecular formula is C26H25ClN2O2S. The van der Waals surface area contributed by atoms with Gasteiger partial charge in [0.1, 0.15) is 11.3 Å². The predicted octanol–water partition coefficient (Wildman–Crippen LogP) is 6.37. The van der Waals surface area contributed by atoms with Gasteiger partial charge in [-0.1, -0.05) is 30.3 Å². The lowest BCUT2D eigenvalue weighted by Gasteiger charge is -2.10. The second-order valence-corrected chi connectivity index (χ2v) is 9.02. The highest BCUT2D eigenvalue weighted by Gasteiger charge is 2.08. The van der Waals surface area contributed by atoms with Crippen LogP contribution in [0.3, 0.4) is 0 Å². The van der Waals surface area contributed by atoms with Gasteiger partial charge < -0.3 is 14.8 Å². The molecule has 164 valence electrons. The summed E-state index contributed by atoms with van der Waals surface area (Å²) in [5.41, 5.74) is 5.39. The molecule has 0 unspecified atom stereocenters. The molecule has 32 heavy (non-hydrogen) atoms. The molecule has 6 heteroatoms. The lowest BCUT2D eigenvalue weighted by Crippen LogP contribution is -2.09. The third-order valence-electron chi connectivity index (χ3n) is 5.17. The molecule has 2 heterocycles. The predicted molar refractivity (Wildman–Crippen MR) is 134 cm³/mol. The number of pyridine rings is 1. The Labute approximate surface area is 197 Å². The maximum absolute atomic E-state index is 9.62. The smallest absolute Gasteiger partial charge is 0.194 e. The summed E-state index contributed by atoms with van der Waals surface area (Å²) in [6.07, 6.45) is 5.74. The highest BCUT2D eigenvalue weighted by atomic mass is 35.5. The highest BCUT2D eigenvalue weighted by molar-refractivity contribution is 7.99. The summed E-state index contributed by atoms with van der Waals surface area (Å²) in [5.74, 6) is 1.27. The zero-order valence-electron chi connectivity index (χ0n) is 17.8. The molecule has 2 aromatic carbocycles. The number of aromatic hydroxyl groups is 1. The van der Waals surface area contributed by atoms with Gasteiger partial charge in [-0.3, -0.25) is 0 Å². The summed E-state index contributed by atoms with van der Waals surface area (Å²) in [5, 5.41) is 15.2. The number of aromatic nitrogens is 1. The largest absolute Gasteiger partial charge is 0.508 e. The van der Waals surface area contributed by atoms with Crippen LogP contribution in [0, 0.1) is 0 Å². The number of hydrogen-bond donors (Lipinski definition) is 2. The Balaban J connectivity index is 1.57. The number of phenols is 1. The van der Waals surface area contributed by atoms with Crippen LogP contribution in [0.25, 0.3) is 16.5 Å². The van der Waals surface area contributed by atoms with Gasteiger partial charge in [0.15, 0.2) is 5.22 Å². The Kier molecular flexibility index (Phi) is 7.53. The van der Waals surface area contributed by atoms with Gasteiger partial charge in [0, 0.05) is 29.9 Å². The highest BCUT2D eigenvalue weighted by Crippen LogP contribution is 2.29. The molecule has 0 aliphatic carbocycles. The van der Waals surface area contributed by atoms with E-state index in [4.69, 9.17) is 16.0 Å². The first-order valence-electron chi connectivity index (χ1n) is 10.5. The van der Waals surface area contributed by atoms with Crippen LogP contribution >= 0.6 is 23.4 Å². The van der Waals surface area contributed by atoms with Gasteiger partial charge in [0.05, 0.1) is 5.03 Å². The van der Waals surface area contributed by atoms with Crippen molar-refractivity contribution in [2.75, 3.05) is 19.3 Å². The molecule has 0 saturated carbocycles. The molecule has 0 amide bonds. The normalized spacial score (nSPS) is 11.9. The summed E-state index contributed by atoms with van der Waals surface area (Å²) < 4.78 is 5.51. The molecule has 0 atom stereocenters. The van der Waals surface area contributed by atoms with Crippen molar-refractivity contribution in [3.05, 3.63) is 94.8 Å². The van der Waals surface area contributed by atoms with Crippen molar-refractivity contribution in [2.24, 2.45) is 0 Å². The van der Waals surface area contributed by atoms with E-state index in [1.54, 1.807) is 23.9 Å². The summed E-state index contributed by atoms with van der Waals surface area (Å²) in [7, 11) is 1.96. The molecular weight excluding hydrogens is 440 g/mol. The second kappa shape index (κ2) is 10.7. The van der Waals surface area contributed by atoms with Gasteiger partial charge in [-0.05, 0) is 84.1 Å². The van der Waals surface area contributed by atoms with E-state index < -0.39 is 0 Å². The molecule has 0 bridgehead atoms. The molecule has 0 spiro atoms. The van der Waals surface area contributed by atoms with E-state index in [0.29, 0.717) is 5.22 Å². The first-order chi connectivity index (χ1) is 15.6. The number of benzene rings is 2. The molecule has 0 aliphatic heterocycles. The third kappa shape index (κ3) is 5.94. The minimum Gasteiger partial charge on any atom is -0.508 e. The number of allylic oxidation sites excluding steroid dienone is 2. The fraction of sp³-hybridized carbons (Fsp3) is 0.192. The minimum absolute atomic E-state index is 0.271.